The van der Waals surface area contributed by atoms with Crippen molar-refractivity contribution in [2.45, 2.75) is 121 Å². The molecule has 3 aliphatic rings. The van der Waals surface area contributed by atoms with E-state index in [1.54, 1.807) is 18.2 Å². The minimum Gasteiger partial charge on any atom is -0.406 e. The van der Waals surface area contributed by atoms with Crippen molar-refractivity contribution in [3.8, 4) is 5.75 Å². The molecule has 1 unspecified atom stereocenters. The third kappa shape index (κ3) is 8.17. The van der Waals surface area contributed by atoms with E-state index in [0.717, 1.165) is 53.7 Å². The van der Waals surface area contributed by atoms with Crippen molar-refractivity contribution >= 4 is 5.57 Å². The lowest BCUT2D eigenvalue weighted by molar-refractivity contribution is -0.274. The first-order valence-corrected chi connectivity index (χ1v) is 16.1. The quantitative estimate of drug-likeness (QED) is 0.215. The Hall–Kier alpha value is -2.30. The summed E-state index contributed by atoms with van der Waals surface area (Å²) in [5.74, 6) is 3.09. The van der Waals surface area contributed by atoms with Crippen molar-refractivity contribution in [1.29, 1.82) is 0 Å². The molecule has 2 saturated carbocycles. The highest BCUT2D eigenvalue weighted by atomic mass is 19.4. The Labute approximate surface area is 243 Å². The lowest BCUT2D eigenvalue weighted by Crippen LogP contribution is -2.25. The molecule has 0 aliphatic heterocycles. The minimum absolute atomic E-state index is 0.121. The van der Waals surface area contributed by atoms with Crippen LogP contribution in [0.25, 0.3) is 5.57 Å². The van der Waals surface area contributed by atoms with Gasteiger partial charge in [-0.3, -0.25) is 0 Å². The molecule has 2 aromatic carbocycles. The van der Waals surface area contributed by atoms with Gasteiger partial charge in [0.15, 0.2) is 0 Å². The number of hydrogen-bond donors (Lipinski definition) is 0. The van der Waals surface area contributed by atoms with Crippen molar-refractivity contribution in [2.75, 3.05) is 0 Å². The van der Waals surface area contributed by atoms with Crippen molar-refractivity contribution in [2.24, 2.45) is 17.8 Å². The van der Waals surface area contributed by atoms with E-state index in [0.29, 0.717) is 11.5 Å². The molecule has 1 nitrogen and oxygen atoms in total. The second kappa shape index (κ2) is 13.8. The van der Waals surface area contributed by atoms with Crippen LogP contribution in [0.4, 0.5) is 17.6 Å². The Morgan fingerprint density at radius 1 is 0.756 bits per heavy atom. The van der Waals surface area contributed by atoms with Crippen molar-refractivity contribution in [3.63, 3.8) is 0 Å². The van der Waals surface area contributed by atoms with E-state index in [4.69, 9.17) is 0 Å². The lowest BCUT2D eigenvalue weighted by Gasteiger charge is -2.38. The number of hydrogen-bond acceptors (Lipinski definition) is 1. The van der Waals surface area contributed by atoms with E-state index in [9.17, 15) is 13.2 Å². The van der Waals surface area contributed by atoms with Crippen LogP contribution < -0.4 is 4.74 Å². The van der Waals surface area contributed by atoms with Gasteiger partial charge in [-0.05, 0) is 122 Å². The van der Waals surface area contributed by atoms with Crippen molar-refractivity contribution < 1.29 is 22.3 Å². The summed E-state index contributed by atoms with van der Waals surface area (Å²) in [6, 6.07) is 12.1. The maximum absolute atomic E-state index is 15.4. The normalized spacial score (nSPS) is 27.3. The third-order valence-electron chi connectivity index (χ3n) is 10.4. The molecule has 0 N–H and O–H groups in total. The fourth-order valence-corrected chi connectivity index (χ4v) is 7.92. The van der Waals surface area contributed by atoms with Gasteiger partial charge in [0.05, 0.1) is 0 Å². The Morgan fingerprint density at radius 3 is 2.00 bits per heavy atom. The van der Waals surface area contributed by atoms with Crippen LogP contribution >= 0.6 is 0 Å². The molecular formula is C36H46F4O. The number of unbranched alkanes of at least 4 members (excludes halogenated alkanes) is 2. The molecule has 0 radical (unpaired) electrons. The van der Waals surface area contributed by atoms with Crippen LogP contribution in [-0.4, -0.2) is 6.36 Å². The fourth-order valence-electron chi connectivity index (χ4n) is 7.92. The second-order valence-electron chi connectivity index (χ2n) is 12.9. The first-order valence-electron chi connectivity index (χ1n) is 16.1. The van der Waals surface area contributed by atoms with Crippen LogP contribution in [0.5, 0.6) is 5.75 Å². The monoisotopic (exact) mass is 570 g/mol. The van der Waals surface area contributed by atoms with E-state index in [1.807, 2.05) is 6.07 Å². The molecule has 2 fully saturated rings. The summed E-state index contributed by atoms with van der Waals surface area (Å²) >= 11 is 0. The topological polar surface area (TPSA) is 9.23 Å². The number of rotatable bonds is 9. The van der Waals surface area contributed by atoms with Crippen LogP contribution in [0.1, 0.15) is 132 Å². The highest BCUT2D eigenvalue weighted by molar-refractivity contribution is 5.67. The molecule has 0 amide bonds. The number of ether oxygens (including phenoxy) is 1. The third-order valence-corrected chi connectivity index (χ3v) is 10.4. The van der Waals surface area contributed by atoms with E-state index < -0.39 is 6.36 Å². The fraction of sp³-hybridized carbons (Fsp3) is 0.611. The van der Waals surface area contributed by atoms with Gasteiger partial charge < -0.3 is 4.74 Å². The minimum atomic E-state index is -4.68. The Morgan fingerprint density at radius 2 is 1.41 bits per heavy atom. The average molecular weight is 571 g/mol. The number of alkyl halides is 3. The average Bonchev–Trinajstić information content (AvgIpc) is 2.97. The molecule has 5 rings (SSSR count). The molecule has 0 saturated heterocycles. The van der Waals surface area contributed by atoms with Gasteiger partial charge in [-0.15, -0.1) is 13.2 Å². The maximum atomic E-state index is 15.4. The van der Waals surface area contributed by atoms with Crippen LogP contribution in [0, 0.1) is 23.6 Å². The first kappa shape index (κ1) is 30.2. The van der Waals surface area contributed by atoms with Gasteiger partial charge in [0.25, 0.3) is 0 Å². The molecule has 1 atom stereocenters. The number of benzene rings is 2. The van der Waals surface area contributed by atoms with Crippen LogP contribution in [-0.2, 0) is 0 Å². The SMILES string of the molecule is CCCCCC1CCC(C2CCC(c3ccc(C4=CCC(c5ccc(OC(F)(F)F)cc5)CC4)c(F)c3)CC2)CC1. The van der Waals surface area contributed by atoms with Gasteiger partial charge in [0.2, 0.25) is 0 Å². The van der Waals surface area contributed by atoms with Gasteiger partial charge in [-0.25, -0.2) is 4.39 Å². The summed E-state index contributed by atoms with van der Waals surface area (Å²) in [6.07, 6.45) is 15.9. The highest BCUT2D eigenvalue weighted by Crippen LogP contribution is 2.45. The van der Waals surface area contributed by atoms with Crippen LogP contribution in [0.15, 0.2) is 48.5 Å². The summed E-state index contributed by atoms with van der Waals surface area (Å²) in [4.78, 5) is 0. The predicted molar refractivity (Wildman–Crippen MR) is 158 cm³/mol. The van der Waals surface area contributed by atoms with Crippen molar-refractivity contribution in [1.82, 2.24) is 0 Å². The summed E-state index contributed by atoms with van der Waals surface area (Å²) < 4.78 is 56.7. The number of allylic oxidation sites excluding steroid dienone is 2. The van der Waals surface area contributed by atoms with Crippen molar-refractivity contribution in [3.05, 3.63) is 71.0 Å². The molecular weight excluding hydrogens is 524 g/mol. The summed E-state index contributed by atoms with van der Waals surface area (Å²) in [7, 11) is 0. The largest absolute Gasteiger partial charge is 0.573 e. The van der Waals surface area contributed by atoms with E-state index in [2.05, 4.69) is 23.8 Å². The standard InChI is InChI=1S/C36H46F4O/c1-2-3-4-5-25-6-8-26(9-7-25)27-10-12-30(13-11-27)32-20-23-34(35(37)24-32)31-16-14-28(15-17-31)29-18-21-33(22-19-29)41-36(38,39)40/h16,18-28,30H,2-15,17H2,1H3. The molecule has 0 heterocycles. The first-order chi connectivity index (χ1) is 19.8. The lowest BCUT2D eigenvalue weighted by atomic mass is 9.68. The van der Waals surface area contributed by atoms with E-state index in [-0.39, 0.29) is 17.5 Å². The smallest absolute Gasteiger partial charge is 0.406 e. The second-order valence-corrected chi connectivity index (χ2v) is 12.9. The van der Waals surface area contributed by atoms with Gasteiger partial charge in [-0.2, -0.15) is 0 Å². The molecule has 2 aromatic rings. The Balaban J connectivity index is 1.11. The van der Waals surface area contributed by atoms with Gasteiger partial charge in [0, 0.05) is 5.56 Å². The molecule has 0 aromatic heterocycles. The zero-order chi connectivity index (χ0) is 28.8. The van der Waals surface area contributed by atoms with Crippen LogP contribution in [0.3, 0.4) is 0 Å². The Bertz CT molecular complexity index is 1140. The predicted octanol–water partition coefficient (Wildman–Crippen LogP) is 11.7. The molecule has 0 bridgehead atoms. The molecule has 41 heavy (non-hydrogen) atoms. The van der Waals surface area contributed by atoms with Gasteiger partial charge in [-0.1, -0.05) is 75.8 Å². The van der Waals surface area contributed by atoms with E-state index >= 15 is 4.39 Å². The molecule has 224 valence electrons. The van der Waals surface area contributed by atoms with Gasteiger partial charge >= 0.3 is 6.36 Å². The number of halogens is 4. The highest BCUT2D eigenvalue weighted by Gasteiger charge is 2.32. The summed E-state index contributed by atoms with van der Waals surface area (Å²) in [6.45, 7) is 2.29. The summed E-state index contributed by atoms with van der Waals surface area (Å²) in [5, 5.41) is 0. The summed E-state index contributed by atoms with van der Waals surface area (Å²) in [5.41, 5.74) is 3.88. The maximum Gasteiger partial charge on any atom is 0.573 e. The zero-order valence-corrected chi connectivity index (χ0v) is 24.5. The van der Waals surface area contributed by atoms with Crippen LogP contribution in [0.2, 0.25) is 0 Å². The van der Waals surface area contributed by atoms with Gasteiger partial charge in [0.1, 0.15) is 11.6 Å². The molecule has 5 heteroatoms. The molecule has 3 aliphatic carbocycles. The zero-order valence-electron chi connectivity index (χ0n) is 24.5. The van der Waals surface area contributed by atoms with E-state index in [1.165, 1.54) is 89.2 Å². The molecule has 0 spiro atoms. The Kier molecular flexibility index (Phi) is 10.1.